The van der Waals surface area contributed by atoms with Crippen LogP contribution in [0, 0.1) is 0 Å². The standard InChI is InChI=1S/Ag.Cu.Pb.S.Zn. The minimum Gasteiger partial charge on any atom is 0 e. The van der Waals surface area contributed by atoms with Gasteiger partial charge in [-0.2, -0.15) is 0 Å². The molecule has 5 heteroatoms. The summed E-state index contributed by atoms with van der Waals surface area (Å²) >= 11 is 0. The molecule has 0 saturated heterocycles. The molecule has 0 rings (SSSR count). The Kier molecular flexibility index (Phi) is 228. The molecule has 5 heavy (non-hydrogen) atoms. The fourth-order valence-corrected chi connectivity index (χ4v) is 0. The Hall–Kier alpha value is 3.16. The summed E-state index contributed by atoms with van der Waals surface area (Å²) in [6, 6.07) is 0. The van der Waals surface area contributed by atoms with Gasteiger partial charge in [0.1, 0.15) is 0 Å². The summed E-state index contributed by atoms with van der Waals surface area (Å²) in [5.41, 5.74) is 0. The van der Waals surface area contributed by atoms with Crippen LogP contribution in [0.2, 0.25) is 0 Å². The molecule has 0 aliphatic heterocycles. The van der Waals surface area contributed by atoms with Crippen LogP contribution in [0.1, 0.15) is 0 Å². The minimum absolute atomic E-state index is 0. The molecule has 0 aliphatic carbocycles. The molecule has 0 amide bonds. The zero-order valence-corrected chi connectivity index (χ0v) is 12.3. The summed E-state index contributed by atoms with van der Waals surface area (Å²) in [7, 11) is 0. The van der Waals surface area contributed by atoms with Gasteiger partial charge in [-0.15, -0.1) is 0 Å². The molecule has 0 fully saturated rings. The molecule has 0 aromatic heterocycles. The molecule has 0 aliphatic rings. The van der Waals surface area contributed by atoms with Crippen molar-refractivity contribution < 1.29 is 58.9 Å². The van der Waals surface area contributed by atoms with Crippen LogP contribution >= 0.6 is 13.5 Å². The molecule has 0 saturated carbocycles. The van der Waals surface area contributed by atoms with E-state index in [1.165, 1.54) is 0 Å². The maximum Gasteiger partial charge on any atom is 0 e. The molecule has 0 atom stereocenters. The van der Waals surface area contributed by atoms with Crippen molar-refractivity contribution >= 4 is 40.8 Å². The van der Waals surface area contributed by atoms with E-state index in [4.69, 9.17) is 0 Å². The summed E-state index contributed by atoms with van der Waals surface area (Å²) in [6.07, 6.45) is 0. The van der Waals surface area contributed by atoms with Gasteiger partial charge >= 0.3 is 0 Å². The number of hydrogen-bond donors (Lipinski definition) is 0. The van der Waals surface area contributed by atoms with Crippen LogP contribution in [0.25, 0.3) is 0 Å². The van der Waals surface area contributed by atoms with E-state index in [2.05, 4.69) is 0 Å². The molecular formula is AgCuPbSZn. The van der Waals surface area contributed by atoms with Crippen LogP contribution < -0.4 is 0 Å². The van der Waals surface area contributed by atoms with Crippen molar-refractivity contribution in [3.63, 3.8) is 0 Å². The summed E-state index contributed by atoms with van der Waals surface area (Å²) < 4.78 is 0. The molecule has 0 N–H and O–H groups in total. The monoisotopic (exact) mass is 474 g/mol. The molecule has 0 heterocycles. The Morgan fingerprint density at radius 1 is 1.00 bits per heavy atom. The largest absolute Gasteiger partial charge is 0 e. The van der Waals surface area contributed by atoms with Crippen LogP contribution in [-0.2, 0) is 58.9 Å². The van der Waals surface area contributed by atoms with Gasteiger partial charge in [-0.05, 0) is 0 Å². The Balaban J connectivity index is 0. The van der Waals surface area contributed by atoms with E-state index < -0.39 is 0 Å². The molecule has 0 aromatic carbocycles. The molecule has 0 nitrogen and oxygen atoms in total. The zero-order chi connectivity index (χ0) is 0. The summed E-state index contributed by atoms with van der Waals surface area (Å²) in [5, 5.41) is 0. The second-order valence-corrected chi connectivity index (χ2v) is 0. The van der Waals surface area contributed by atoms with Gasteiger partial charge in [-0.1, -0.05) is 0 Å². The maximum atomic E-state index is 0. The van der Waals surface area contributed by atoms with E-state index >= 15 is 0 Å². The van der Waals surface area contributed by atoms with E-state index in [9.17, 15) is 0 Å². The first-order valence-corrected chi connectivity index (χ1v) is 0. The Morgan fingerprint density at radius 3 is 1.00 bits per heavy atom. The SMILES string of the molecule is [Ag].[Cu].[Pb].[S].[Zn]. The quantitative estimate of drug-likeness (QED) is 0.441. The summed E-state index contributed by atoms with van der Waals surface area (Å²) in [5.74, 6) is 0. The first kappa shape index (κ1) is 41.9. The molecule has 34 valence electrons. The van der Waals surface area contributed by atoms with Crippen molar-refractivity contribution in [2.75, 3.05) is 0 Å². The predicted molar refractivity (Wildman–Crippen MR) is 13.3 cm³/mol. The Morgan fingerprint density at radius 2 is 1.00 bits per heavy atom. The van der Waals surface area contributed by atoms with Crippen molar-refractivity contribution in [1.82, 2.24) is 0 Å². The molecule has 0 spiro atoms. The summed E-state index contributed by atoms with van der Waals surface area (Å²) in [4.78, 5) is 0. The van der Waals surface area contributed by atoms with Gasteiger partial charge in [-0.25, -0.2) is 0 Å². The second-order valence-electron chi connectivity index (χ2n) is 0. The third kappa shape index (κ3) is 19.1. The molecular weight excluding hydrogens is 476 g/mol. The van der Waals surface area contributed by atoms with Gasteiger partial charge in [0.05, 0.1) is 0 Å². The van der Waals surface area contributed by atoms with Crippen LogP contribution in [0.15, 0.2) is 0 Å². The smallest absolute Gasteiger partial charge is 0 e. The summed E-state index contributed by atoms with van der Waals surface area (Å²) in [6.45, 7) is 0. The second kappa shape index (κ2) is 27.2. The van der Waals surface area contributed by atoms with Gasteiger partial charge in [-0.3, -0.25) is 0 Å². The van der Waals surface area contributed by atoms with E-state index in [1.54, 1.807) is 0 Å². The van der Waals surface area contributed by atoms with Crippen molar-refractivity contribution in [2.24, 2.45) is 0 Å². The van der Waals surface area contributed by atoms with E-state index in [-0.39, 0.29) is 99.7 Å². The minimum atomic E-state index is 0. The third-order valence-corrected chi connectivity index (χ3v) is 0. The van der Waals surface area contributed by atoms with Gasteiger partial charge in [0, 0.05) is 99.7 Å². The first-order valence-electron chi connectivity index (χ1n) is 0. The van der Waals surface area contributed by atoms with Crippen LogP contribution in [0.4, 0.5) is 0 Å². The van der Waals surface area contributed by atoms with E-state index in [0.29, 0.717) is 0 Å². The van der Waals surface area contributed by atoms with Crippen LogP contribution in [0.3, 0.4) is 0 Å². The van der Waals surface area contributed by atoms with E-state index in [1.807, 2.05) is 0 Å². The topological polar surface area (TPSA) is 0 Å². The zero-order valence-electron chi connectivity index (χ0n) is 2.22. The fraction of sp³-hybridized carbons (Fsp3) is 0. The Labute approximate surface area is 98.0 Å². The average molecular weight is 476 g/mol. The van der Waals surface area contributed by atoms with Crippen LogP contribution in [-0.4, -0.2) is 27.3 Å². The number of hydrogen-bond acceptors (Lipinski definition) is 0. The van der Waals surface area contributed by atoms with Crippen molar-refractivity contribution in [3.05, 3.63) is 0 Å². The third-order valence-electron chi connectivity index (χ3n) is 0. The Bertz CT molecular complexity index is 11.6. The van der Waals surface area contributed by atoms with Crippen molar-refractivity contribution in [2.45, 2.75) is 0 Å². The maximum absolute atomic E-state index is 0. The van der Waals surface area contributed by atoms with Gasteiger partial charge in [0.2, 0.25) is 0 Å². The molecule has 0 aromatic rings. The average Bonchev–Trinajstić information content (AvgIpc) is 0. The van der Waals surface area contributed by atoms with Gasteiger partial charge in [0.25, 0.3) is 0 Å². The van der Waals surface area contributed by atoms with Gasteiger partial charge < -0.3 is 0 Å². The van der Waals surface area contributed by atoms with Gasteiger partial charge in [0.15, 0.2) is 0 Å². The number of rotatable bonds is 0. The van der Waals surface area contributed by atoms with Crippen molar-refractivity contribution in [1.29, 1.82) is 0 Å². The predicted octanol–water partition coefficient (Wildman–Crippen LogP) is 0.260. The normalized spacial score (nSPS) is 0. The van der Waals surface area contributed by atoms with E-state index in [0.717, 1.165) is 0 Å². The van der Waals surface area contributed by atoms with Crippen LogP contribution in [0.5, 0.6) is 0 Å². The molecule has 0 bridgehead atoms. The fourth-order valence-electron chi connectivity index (χ4n) is 0. The van der Waals surface area contributed by atoms with Crippen molar-refractivity contribution in [3.8, 4) is 0 Å². The molecule has 8 radical (unpaired) electrons. The molecule has 0 unspecified atom stereocenters. The first-order chi connectivity index (χ1) is 0.